The lowest BCUT2D eigenvalue weighted by Crippen LogP contribution is -2.40. The Kier molecular flexibility index (Phi) is 4.58. The maximum Gasteiger partial charge on any atom is 0.290 e. The number of rotatable bonds is 3. The minimum atomic E-state index is -0.296. The summed E-state index contributed by atoms with van der Waals surface area (Å²) < 4.78 is 12.8. The highest BCUT2D eigenvalue weighted by Crippen LogP contribution is 2.30. The number of nitrogens with one attached hydrogen (secondary N) is 1. The summed E-state index contributed by atoms with van der Waals surface area (Å²) in [6.45, 7) is 8.62. The lowest BCUT2D eigenvalue weighted by Gasteiger charge is -2.28. The predicted molar refractivity (Wildman–Crippen MR) is 108 cm³/mol. The Balaban J connectivity index is 1.80. The van der Waals surface area contributed by atoms with Gasteiger partial charge in [0.1, 0.15) is 28.4 Å². The van der Waals surface area contributed by atoms with E-state index in [1.165, 1.54) is 4.68 Å². The van der Waals surface area contributed by atoms with E-state index in [4.69, 9.17) is 9.47 Å². The van der Waals surface area contributed by atoms with E-state index in [-0.39, 0.29) is 11.2 Å². The van der Waals surface area contributed by atoms with Gasteiger partial charge >= 0.3 is 0 Å². The Morgan fingerprint density at radius 3 is 2.64 bits per heavy atom. The molecule has 1 aromatic carbocycles. The van der Waals surface area contributed by atoms with Crippen molar-refractivity contribution in [2.75, 3.05) is 31.2 Å². The van der Waals surface area contributed by atoms with Crippen LogP contribution in [0.25, 0.3) is 22.3 Å². The number of aromatic nitrogens is 4. The molecule has 1 aliphatic heterocycles. The summed E-state index contributed by atoms with van der Waals surface area (Å²) in [5.41, 5.74) is 2.43. The van der Waals surface area contributed by atoms with Gasteiger partial charge in [-0.1, -0.05) is 0 Å². The molecule has 0 atom stereocenters. The molecule has 0 radical (unpaired) electrons. The number of hydrogen-bond acceptors (Lipinski definition) is 6. The number of aromatic amines is 1. The van der Waals surface area contributed by atoms with E-state index >= 15 is 0 Å². The third-order valence-electron chi connectivity index (χ3n) is 4.60. The van der Waals surface area contributed by atoms with Crippen molar-refractivity contribution in [2.24, 2.45) is 7.05 Å². The Bertz CT molecular complexity index is 1060. The number of benzene rings is 1. The highest BCUT2D eigenvalue weighted by Gasteiger charge is 2.20. The van der Waals surface area contributed by atoms with Gasteiger partial charge in [0.05, 0.1) is 18.7 Å². The second-order valence-electron chi connectivity index (χ2n) is 7.94. The topological polar surface area (TPSA) is 85.3 Å². The summed E-state index contributed by atoms with van der Waals surface area (Å²) in [4.78, 5) is 14.7. The molecule has 1 saturated heterocycles. The van der Waals surface area contributed by atoms with Crippen LogP contribution in [0.4, 0.5) is 5.69 Å². The number of aryl methyl sites for hydroxylation is 1. The van der Waals surface area contributed by atoms with E-state index < -0.39 is 0 Å². The van der Waals surface area contributed by atoms with Gasteiger partial charge in [0.2, 0.25) is 0 Å². The fourth-order valence-corrected chi connectivity index (χ4v) is 3.34. The van der Waals surface area contributed by atoms with Crippen molar-refractivity contribution in [3.63, 3.8) is 0 Å². The van der Waals surface area contributed by atoms with Crippen LogP contribution in [0.1, 0.15) is 20.8 Å². The van der Waals surface area contributed by atoms with Crippen molar-refractivity contribution in [2.45, 2.75) is 26.4 Å². The molecular formula is C20H25N5O3. The maximum absolute atomic E-state index is 12.6. The van der Waals surface area contributed by atoms with E-state index in [2.05, 4.69) is 15.3 Å². The molecule has 4 rings (SSSR count). The molecule has 148 valence electrons. The summed E-state index contributed by atoms with van der Waals surface area (Å²) in [7, 11) is 1.67. The molecule has 2 aromatic heterocycles. The van der Waals surface area contributed by atoms with Gasteiger partial charge in [-0.15, -0.1) is 0 Å². The zero-order chi connectivity index (χ0) is 19.9. The molecule has 0 amide bonds. The van der Waals surface area contributed by atoms with Crippen molar-refractivity contribution in [3.8, 4) is 17.1 Å². The second-order valence-corrected chi connectivity index (χ2v) is 7.94. The molecule has 0 bridgehead atoms. The van der Waals surface area contributed by atoms with Gasteiger partial charge in [0.25, 0.3) is 5.56 Å². The van der Waals surface area contributed by atoms with E-state index in [1.54, 1.807) is 7.05 Å². The van der Waals surface area contributed by atoms with Crippen molar-refractivity contribution >= 4 is 16.6 Å². The summed E-state index contributed by atoms with van der Waals surface area (Å²) in [6.07, 6.45) is 0. The first-order chi connectivity index (χ1) is 13.3. The van der Waals surface area contributed by atoms with Gasteiger partial charge in [-0.3, -0.25) is 9.89 Å². The smallest absolute Gasteiger partial charge is 0.290 e. The summed E-state index contributed by atoms with van der Waals surface area (Å²) in [5.74, 6) is 0.765. The fourth-order valence-electron chi connectivity index (χ4n) is 3.34. The van der Waals surface area contributed by atoms with Crippen LogP contribution in [0.3, 0.4) is 0 Å². The largest absolute Gasteiger partial charge is 0.488 e. The van der Waals surface area contributed by atoms with Crippen molar-refractivity contribution in [1.82, 2.24) is 20.0 Å². The van der Waals surface area contributed by atoms with Crippen LogP contribution in [0.2, 0.25) is 0 Å². The second kappa shape index (κ2) is 6.94. The van der Waals surface area contributed by atoms with E-state index in [1.807, 2.05) is 49.9 Å². The van der Waals surface area contributed by atoms with Gasteiger partial charge in [-0.2, -0.15) is 10.2 Å². The third kappa shape index (κ3) is 3.60. The highest BCUT2D eigenvalue weighted by molar-refractivity contribution is 5.93. The van der Waals surface area contributed by atoms with Gasteiger partial charge in [-0.25, -0.2) is 4.68 Å². The first-order valence-corrected chi connectivity index (χ1v) is 9.40. The Hall–Kier alpha value is -2.87. The van der Waals surface area contributed by atoms with Crippen molar-refractivity contribution < 1.29 is 9.47 Å². The highest BCUT2D eigenvalue weighted by atomic mass is 16.5. The van der Waals surface area contributed by atoms with Crippen LogP contribution >= 0.6 is 0 Å². The number of hydrogen-bond donors (Lipinski definition) is 1. The molecule has 0 aliphatic carbocycles. The Morgan fingerprint density at radius 1 is 1.18 bits per heavy atom. The number of anilines is 1. The molecule has 0 unspecified atom stereocenters. The zero-order valence-electron chi connectivity index (χ0n) is 16.7. The van der Waals surface area contributed by atoms with Crippen molar-refractivity contribution in [1.29, 1.82) is 0 Å². The molecule has 1 N–H and O–H groups in total. The third-order valence-corrected chi connectivity index (χ3v) is 4.60. The molecule has 8 nitrogen and oxygen atoms in total. The van der Waals surface area contributed by atoms with Crippen LogP contribution < -0.4 is 15.2 Å². The monoisotopic (exact) mass is 383 g/mol. The van der Waals surface area contributed by atoms with Gasteiger partial charge < -0.3 is 14.4 Å². The number of ether oxygens (including phenoxy) is 2. The normalized spacial score (nSPS) is 15.2. The first-order valence-electron chi connectivity index (χ1n) is 9.40. The molecule has 1 fully saturated rings. The van der Waals surface area contributed by atoms with Gasteiger partial charge in [-0.05, 0) is 45.0 Å². The standard InChI is InChI=1S/C20H25N5O3/c1-20(2,3)28-13-5-6-15-14(11-13)18(22-21-15)16-12-17(19(26)24(4)23-16)25-7-9-27-10-8-25/h5-6,11-12H,7-10H2,1-4H3,(H,21,22). The summed E-state index contributed by atoms with van der Waals surface area (Å²) in [6, 6.07) is 7.64. The molecule has 3 aromatic rings. The number of fused-ring (bicyclic) bond motifs is 1. The molecule has 0 saturated carbocycles. The summed E-state index contributed by atoms with van der Waals surface area (Å²) >= 11 is 0. The summed E-state index contributed by atoms with van der Waals surface area (Å²) in [5, 5.41) is 12.9. The SMILES string of the molecule is Cn1nc(-c2n[nH]c3ccc(OC(C)(C)C)cc23)cc(N2CCOCC2)c1=O. The molecule has 28 heavy (non-hydrogen) atoms. The van der Waals surface area contributed by atoms with Crippen LogP contribution in [0.15, 0.2) is 29.1 Å². The van der Waals surface area contributed by atoms with Crippen LogP contribution in [0.5, 0.6) is 5.75 Å². The van der Waals surface area contributed by atoms with Crippen LogP contribution in [-0.4, -0.2) is 51.9 Å². The molecule has 0 spiro atoms. The molecule has 1 aliphatic rings. The lowest BCUT2D eigenvalue weighted by molar-refractivity contribution is 0.122. The van der Waals surface area contributed by atoms with E-state index in [0.717, 1.165) is 16.7 Å². The average Bonchev–Trinajstić information content (AvgIpc) is 3.06. The Labute approximate surface area is 163 Å². The molecular weight excluding hydrogens is 358 g/mol. The van der Waals surface area contributed by atoms with Gasteiger partial charge in [0, 0.05) is 25.5 Å². The number of nitrogens with zero attached hydrogens (tertiary/aromatic N) is 4. The molecule has 3 heterocycles. The Morgan fingerprint density at radius 2 is 1.93 bits per heavy atom. The fraction of sp³-hybridized carbons (Fsp3) is 0.450. The lowest BCUT2D eigenvalue weighted by atomic mass is 10.1. The van der Waals surface area contributed by atoms with Crippen LogP contribution in [-0.2, 0) is 11.8 Å². The molecule has 8 heteroatoms. The minimum Gasteiger partial charge on any atom is -0.488 e. The van der Waals surface area contributed by atoms with Crippen molar-refractivity contribution in [3.05, 3.63) is 34.6 Å². The predicted octanol–water partition coefficient (Wildman–Crippen LogP) is 2.34. The van der Waals surface area contributed by atoms with E-state index in [9.17, 15) is 4.79 Å². The zero-order valence-corrected chi connectivity index (χ0v) is 16.7. The van der Waals surface area contributed by atoms with E-state index in [0.29, 0.717) is 43.4 Å². The quantitative estimate of drug-likeness (QED) is 0.747. The number of H-pyrrole nitrogens is 1. The maximum atomic E-state index is 12.6. The van der Waals surface area contributed by atoms with Gasteiger partial charge in [0.15, 0.2) is 0 Å². The van der Waals surface area contributed by atoms with Crippen LogP contribution in [0, 0.1) is 0 Å². The average molecular weight is 383 g/mol. The minimum absolute atomic E-state index is 0.123. The first kappa shape index (κ1) is 18.5. The number of morpholine rings is 1.